The average molecular weight is 347 g/mol. The zero-order valence-electron chi connectivity index (χ0n) is 12.6. The van der Waals surface area contributed by atoms with Gasteiger partial charge in [0.2, 0.25) is 0 Å². The van der Waals surface area contributed by atoms with Gasteiger partial charge in [0.25, 0.3) is 5.56 Å². The monoisotopic (exact) mass is 346 g/mol. The molecule has 5 nitrogen and oxygen atoms in total. The van der Waals surface area contributed by atoms with E-state index in [1.54, 1.807) is 12.3 Å². The minimum absolute atomic E-state index is 0.223. The molecule has 0 spiro atoms. The zero-order chi connectivity index (χ0) is 17.3. The first-order chi connectivity index (χ1) is 11.4. The fourth-order valence-electron chi connectivity index (χ4n) is 2.20. The van der Waals surface area contributed by atoms with E-state index in [1.807, 2.05) is 13.0 Å². The van der Waals surface area contributed by atoms with Gasteiger partial charge in [-0.3, -0.25) is 9.20 Å². The maximum absolute atomic E-state index is 13.6. The molecule has 0 fully saturated rings. The number of hydrogen-bond donors (Lipinski definition) is 0. The highest BCUT2D eigenvalue weighted by atomic mass is 35.5. The summed E-state index contributed by atoms with van der Waals surface area (Å²) in [5.41, 5.74) is 1.08. The lowest BCUT2D eigenvalue weighted by Crippen LogP contribution is -2.17. The first-order valence-electron chi connectivity index (χ1n) is 7.05. The van der Waals surface area contributed by atoms with Crippen molar-refractivity contribution in [2.75, 3.05) is 0 Å². The molecule has 0 bridgehead atoms. The van der Waals surface area contributed by atoms with E-state index in [-0.39, 0.29) is 28.4 Å². The first-order valence-corrected chi connectivity index (χ1v) is 7.43. The molecule has 0 aliphatic carbocycles. The Labute approximate surface area is 141 Å². The summed E-state index contributed by atoms with van der Waals surface area (Å²) >= 11 is 5.75. The van der Waals surface area contributed by atoms with E-state index in [0.29, 0.717) is 5.65 Å². The minimum Gasteiger partial charge on any atom is -0.455 e. The number of rotatable bonds is 3. The Morgan fingerprint density at radius 3 is 2.88 bits per heavy atom. The maximum Gasteiger partial charge on any atom is 0.341 e. The van der Waals surface area contributed by atoms with Gasteiger partial charge in [0.15, 0.2) is 0 Å². The molecular weight excluding hydrogens is 335 g/mol. The molecule has 1 aromatic carbocycles. The third-order valence-electron chi connectivity index (χ3n) is 3.36. The van der Waals surface area contributed by atoms with Crippen molar-refractivity contribution < 1.29 is 13.9 Å². The van der Waals surface area contributed by atoms with Crippen LogP contribution < -0.4 is 5.56 Å². The Morgan fingerprint density at radius 1 is 1.29 bits per heavy atom. The van der Waals surface area contributed by atoms with Crippen LogP contribution in [0.3, 0.4) is 0 Å². The van der Waals surface area contributed by atoms with Crippen LogP contribution in [-0.4, -0.2) is 15.4 Å². The molecule has 2 heterocycles. The molecule has 0 saturated heterocycles. The Balaban J connectivity index is 1.83. The number of carbonyl (C=O) groups excluding carboxylic acids is 1. The Morgan fingerprint density at radius 2 is 2.08 bits per heavy atom. The molecular formula is C17H12ClFN2O3. The molecule has 0 N–H and O–H groups in total. The molecule has 0 atom stereocenters. The molecule has 0 radical (unpaired) electrons. The van der Waals surface area contributed by atoms with Crippen LogP contribution in [0.25, 0.3) is 5.65 Å². The largest absolute Gasteiger partial charge is 0.455 e. The van der Waals surface area contributed by atoms with Crippen molar-refractivity contribution in [3.05, 3.63) is 80.6 Å². The van der Waals surface area contributed by atoms with Gasteiger partial charge in [-0.25, -0.2) is 14.2 Å². The second kappa shape index (κ2) is 6.41. The molecule has 2 aromatic heterocycles. The highest BCUT2D eigenvalue weighted by Gasteiger charge is 2.14. The van der Waals surface area contributed by atoms with Crippen molar-refractivity contribution in [2.45, 2.75) is 13.5 Å². The predicted octanol–water partition coefficient (Wildman–Crippen LogP) is 3.15. The molecule has 0 unspecified atom stereocenters. The van der Waals surface area contributed by atoms with Crippen LogP contribution >= 0.6 is 11.6 Å². The van der Waals surface area contributed by atoms with Crippen LogP contribution in [0.5, 0.6) is 0 Å². The molecule has 3 aromatic rings. The van der Waals surface area contributed by atoms with Crippen LogP contribution in [0.1, 0.15) is 21.6 Å². The summed E-state index contributed by atoms with van der Waals surface area (Å²) in [5.74, 6) is -1.60. The molecule has 0 aliphatic heterocycles. The molecule has 0 aliphatic rings. The van der Waals surface area contributed by atoms with E-state index in [9.17, 15) is 14.0 Å². The summed E-state index contributed by atoms with van der Waals surface area (Å²) in [4.78, 5) is 28.3. The summed E-state index contributed by atoms with van der Waals surface area (Å²) in [6.45, 7) is 1.62. The second-order valence-corrected chi connectivity index (χ2v) is 5.66. The van der Waals surface area contributed by atoms with Crippen LogP contribution in [0.2, 0.25) is 5.02 Å². The number of fused-ring (bicyclic) bond motifs is 1. The van der Waals surface area contributed by atoms with E-state index in [1.165, 1.54) is 22.6 Å². The number of nitrogens with zero attached hydrogens (tertiary/aromatic N) is 2. The number of esters is 1. The topological polar surface area (TPSA) is 60.7 Å². The number of hydrogen-bond acceptors (Lipinski definition) is 4. The van der Waals surface area contributed by atoms with E-state index < -0.39 is 11.8 Å². The lowest BCUT2D eigenvalue weighted by atomic mass is 10.2. The number of aromatic nitrogens is 2. The molecule has 3 rings (SSSR count). The summed E-state index contributed by atoms with van der Waals surface area (Å²) in [5, 5.41) is 0.223. The van der Waals surface area contributed by atoms with Crippen molar-refractivity contribution in [1.29, 1.82) is 0 Å². The van der Waals surface area contributed by atoms with Crippen molar-refractivity contribution in [3.63, 3.8) is 0 Å². The zero-order valence-corrected chi connectivity index (χ0v) is 13.4. The summed E-state index contributed by atoms with van der Waals surface area (Å²) in [7, 11) is 0. The van der Waals surface area contributed by atoms with Crippen molar-refractivity contribution in [1.82, 2.24) is 9.38 Å². The quantitative estimate of drug-likeness (QED) is 0.683. The fourth-order valence-corrected chi connectivity index (χ4v) is 2.38. The molecule has 0 saturated carbocycles. The lowest BCUT2D eigenvalue weighted by Gasteiger charge is -2.07. The minimum atomic E-state index is -0.874. The summed E-state index contributed by atoms with van der Waals surface area (Å²) < 4.78 is 20.1. The van der Waals surface area contributed by atoms with Gasteiger partial charge in [-0.05, 0) is 36.8 Å². The van der Waals surface area contributed by atoms with Crippen LogP contribution in [0.4, 0.5) is 4.39 Å². The van der Waals surface area contributed by atoms with Crippen LogP contribution in [0.15, 0.2) is 47.4 Å². The third kappa shape index (κ3) is 3.28. The summed E-state index contributed by atoms with van der Waals surface area (Å²) in [6.07, 6.45) is 1.67. The van der Waals surface area contributed by atoms with Gasteiger partial charge >= 0.3 is 5.97 Å². The standard InChI is InChI=1S/C17H12ClFN2O3/c1-10-2-5-15-20-12(7-16(22)21(15)8-10)9-24-17(23)13-6-11(18)3-4-14(13)19/h2-8H,9H2,1H3. The average Bonchev–Trinajstić information content (AvgIpc) is 2.55. The Kier molecular flexibility index (Phi) is 4.31. The first kappa shape index (κ1) is 16.1. The van der Waals surface area contributed by atoms with Crippen molar-refractivity contribution >= 4 is 23.2 Å². The Bertz CT molecular complexity index is 1000. The van der Waals surface area contributed by atoms with Gasteiger partial charge in [0.1, 0.15) is 18.1 Å². The van der Waals surface area contributed by atoms with Gasteiger partial charge in [-0.15, -0.1) is 0 Å². The normalized spacial score (nSPS) is 10.8. The number of halogens is 2. The smallest absolute Gasteiger partial charge is 0.341 e. The van der Waals surface area contributed by atoms with Gasteiger partial charge in [0, 0.05) is 17.3 Å². The van der Waals surface area contributed by atoms with E-state index >= 15 is 0 Å². The number of ether oxygens (including phenoxy) is 1. The van der Waals surface area contributed by atoms with E-state index in [2.05, 4.69) is 4.98 Å². The summed E-state index contributed by atoms with van der Waals surface area (Å²) in [6, 6.07) is 8.39. The van der Waals surface area contributed by atoms with Crippen molar-refractivity contribution in [2.24, 2.45) is 0 Å². The number of aryl methyl sites for hydroxylation is 1. The van der Waals surface area contributed by atoms with Crippen LogP contribution in [-0.2, 0) is 11.3 Å². The number of benzene rings is 1. The van der Waals surface area contributed by atoms with E-state index in [4.69, 9.17) is 16.3 Å². The molecule has 122 valence electrons. The second-order valence-electron chi connectivity index (χ2n) is 5.22. The maximum atomic E-state index is 13.6. The predicted molar refractivity (Wildman–Crippen MR) is 86.7 cm³/mol. The lowest BCUT2D eigenvalue weighted by molar-refractivity contribution is 0.0462. The Hall–Kier alpha value is -2.73. The number of pyridine rings is 1. The van der Waals surface area contributed by atoms with E-state index in [0.717, 1.165) is 11.6 Å². The van der Waals surface area contributed by atoms with Crippen molar-refractivity contribution in [3.8, 4) is 0 Å². The van der Waals surface area contributed by atoms with Gasteiger partial charge < -0.3 is 4.74 Å². The molecule has 7 heteroatoms. The van der Waals surface area contributed by atoms with Crippen LogP contribution in [0, 0.1) is 12.7 Å². The van der Waals surface area contributed by atoms with Gasteiger partial charge in [0.05, 0.1) is 11.3 Å². The fraction of sp³-hybridized carbons (Fsp3) is 0.118. The van der Waals surface area contributed by atoms with Gasteiger partial charge in [-0.1, -0.05) is 17.7 Å². The molecule has 0 amide bonds. The molecule has 24 heavy (non-hydrogen) atoms. The highest BCUT2D eigenvalue weighted by Crippen LogP contribution is 2.16. The highest BCUT2D eigenvalue weighted by molar-refractivity contribution is 6.30. The SMILES string of the molecule is Cc1ccc2nc(COC(=O)c3cc(Cl)ccc3F)cc(=O)n2c1. The third-order valence-corrected chi connectivity index (χ3v) is 3.60. The number of carbonyl (C=O) groups is 1. The van der Waals surface area contributed by atoms with Gasteiger partial charge in [-0.2, -0.15) is 0 Å².